The Morgan fingerprint density at radius 1 is 0.623 bits per heavy atom. The van der Waals surface area contributed by atoms with E-state index in [1.54, 1.807) is 47.1 Å². The minimum absolute atomic E-state index is 0.0966. The van der Waals surface area contributed by atoms with E-state index in [1.165, 1.54) is 30.3 Å². The van der Waals surface area contributed by atoms with Crippen LogP contribution in [0.25, 0.3) is 44.6 Å². The van der Waals surface area contributed by atoms with Crippen molar-refractivity contribution in [1.82, 2.24) is 15.0 Å². The van der Waals surface area contributed by atoms with Gasteiger partial charge in [-0.2, -0.15) is 0 Å². The Morgan fingerprint density at radius 3 is 2.11 bits per heavy atom. The molecular formula is C41H36FN3O8. The molecule has 11 nitrogen and oxygen atoms in total. The predicted octanol–water partition coefficient (Wildman–Crippen LogP) is 7.09. The van der Waals surface area contributed by atoms with E-state index in [-0.39, 0.29) is 16.2 Å². The lowest BCUT2D eigenvalue weighted by atomic mass is 10.1. The first-order chi connectivity index (χ1) is 26.0. The van der Waals surface area contributed by atoms with E-state index in [2.05, 4.69) is 10.3 Å². The highest BCUT2D eigenvalue weighted by Gasteiger charge is 2.10. The van der Waals surface area contributed by atoms with Gasteiger partial charge in [-0.1, -0.05) is 35.5 Å². The minimum Gasteiger partial charge on any atom is -0.493 e. The van der Waals surface area contributed by atoms with Gasteiger partial charge in [0.15, 0.2) is 10.9 Å². The van der Waals surface area contributed by atoms with Crippen LogP contribution < -0.4 is 20.3 Å². The molecule has 0 spiro atoms. The predicted molar refractivity (Wildman–Crippen MR) is 197 cm³/mol. The molecule has 7 rings (SSSR count). The van der Waals surface area contributed by atoms with E-state index >= 15 is 0 Å². The number of ether oxygens (including phenoxy) is 4. The van der Waals surface area contributed by atoms with Gasteiger partial charge in [-0.3, -0.25) is 9.59 Å². The molecule has 4 aromatic carbocycles. The second kappa shape index (κ2) is 16.9. The molecule has 7 aromatic rings. The maximum Gasteiger partial charge on any atom is 0.193 e. The van der Waals surface area contributed by atoms with Gasteiger partial charge in [0.05, 0.1) is 56.0 Å². The van der Waals surface area contributed by atoms with Crippen LogP contribution in [0, 0.1) is 5.82 Å². The summed E-state index contributed by atoms with van der Waals surface area (Å²) in [4.78, 5) is 25.0. The van der Waals surface area contributed by atoms with Crippen molar-refractivity contribution in [2.75, 3.05) is 39.6 Å². The van der Waals surface area contributed by atoms with Crippen LogP contribution in [0.4, 0.5) is 4.39 Å². The standard InChI is InChI=1S/C41H36FN3O8/c42-30-10-15-38-35(23-30)37(47)26-40(52-38)29-8-11-32(12-9-29)51-22-21-49-20-19-48-18-16-45-27-31(43-44-45)7-4-17-50-33-13-14-34-36(46)25-39(53-41(34)24-33)28-5-2-1-3-6-28/h1-3,5-6,8-15,23-27H,4,7,16-22H2. The summed E-state index contributed by atoms with van der Waals surface area (Å²) in [6.45, 7) is 3.12. The first-order valence-corrected chi connectivity index (χ1v) is 17.3. The van der Waals surface area contributed by atoms with Crippen LogP contribution in [0.5, 0.6) is 11.5 Å². The van der Waals surface area contributed by atoms with Crippen molar-refractivity contribution in [2.45, 2.75) is 19.4 Å². The van der Waals surface area contributed by atoms with Gasteiger partial charge < -0.3 is 27.8 Å². The summed E-state index contributed by atoms with van der Waals surface area (Å²) in [5.74, 6) is 1.71. The van der Waals surface area contributed by atoms with Gasteiger partial charge in [0.1, 0.15) is 46.6 Å². The second-order valence-electron chi connectivity index (χ2n) is 12.1. The third kappa shape index (κ3) is 9.23. The van der Waals surface area contributed by atoms with Crippen molar-refractivity contribution < 1.29 is 32.2 Å². The Labute approximate surface area is 303 Å². The molecule has 3 heterocycles. The topological polar surface area (TPSA) is 128 Å². The summed E-state index contributed by atoms with van der Waals surface area (Å²) in [7, 11) is 0. The largest absolute Gasteiger partial charge is 0.493 e. The fourth-order valence-corrected chi connectivity index (χ4v) is 5.66. The zero-order chi connectivity index (χ0) is 36.4. The monoisotopic (exact) mass is 717 g/mol. The highest BCUT2D eigenvalue weighted by Crippen LogP contribution is 2.26. The Morgan fingerprint density at radius 2 is 1.30 bits per heavy atom. The summed E-state index contributed by atoms with van der Waals surface area (Å²) in [6, 6.07) is 28.7. The fourth-order valence-electron chi connectivity index (χ4n) is 5.66. The molecule has 0 bridgehead atoms. The first kappa shape index (κ1) is 35.3. The lowest BCUT2D eigenvalue weighted by molar-refractivity contribution is 0.0333. The van der Waals surface area contributed by atoms with Crippen LogP contribution in [0.3, 0.4) is 0 Å². The van der Waals surface area contributed by atoms with Crippen molar-refractivity contribution >= 4 is 21.9 Å². The molecule has 0 aliphatic carbocycles. The quantitative estimate of drug-likeness (QED) is 0.0901. The first-order valence-electron chi connectivity index (χ1n) is 17.3. The number of nitrogens with zero attached hydrogens (tertiary/aromatic N) is 3. The number of rotatable bonds is 17. The van der Waals surface area contributed by atoms with Gasteiger partial charge in [-0.25, -0.2) is 9.07 Å². The molecule has 270 valence electrons. The number of hydrogen-bond donors (Lipinski definition) is 0. The highest BCUT2D eigenvalue weighted by atomic mass is 19.1. The molecule has 0 saturated heterocycles. The molecule has 53 heavy (non-hydrogen) atoms. The van der Waals surface area contributed by atoms with Crippen molar-refractivity contribution in [1.29, 1.82) is 0 Å². The van der Waals surface area contributed by atoms with E-state index in [9.17, 15) is 14.0 Å². The lowest BCUT2D eigenvalue weighted by Crippen LogP contribution is -2.13. The van der Waals surface area contributed by atoms with Crippen LogP contribution in [0.1, 0.15) is 12.1 Å². The lowest BCUT2D eigenvalue weighted by Gasteiger charge is -2.09. The van der Waals surface area contributed by atoms with E-state index < -0.39 is 5.82 Å². The SMILES string of the molecule is O=c1cc(-c2ccccc2)oc2cc(OCCCc3cn(CCOCCOCCOc4ccc(-c5cc(=O)c6cc(F)ccc6o5)cc4)nn3)ccc12. The van der Waals surface area contributed by atoms with Gasteiger partial charge in [-0.05, 0) is 67.4 Å². The third-order valence-electron chi connectivity index (χ3n) is 8.35. The maximum absolute atomic E-state index is 13.5. The smallest absolute Gasteiger partial charge is 0.193 e. The Balaban J connectivity index is 0.752. The minimum atomic E-state index is -0.485. The molecule has 0 N–H and O–H groups in total. The van der Waals surface area contributed by atoms with Gasteiger partial charge >= 0.3 is 0 Å². The number of aryl methyl sites for hydroxylation is 1. The van der Waals surface area contributed by atoms with Crippen molar-refractivity contribution in [2.24, 2.45) is 0 Å². The number of fused-ring (bicyclic) bond motifs is 2. The van der Waals surface area contributed by atoms with Gasteiger partial charge in [0.25, 0.3) is 0 Å². The average Bonchev–Trinajstić information content (AvgIpc) is 3.64. The molecule has 0 atom stereocenters. The molecule has 3 aromatic heterocycles. The summed E-state index contributed by atoms with van der Waals surface area (Å²) in [5.41, 5.74) is 2.82. The molecule has 0 unspecified atom stereocenters. The molecule has 12 heteroatoms. The molecule has 0 amide bonds. The van der Waals surface area contributed by atoms with Gasteiger partial charge in [0, 0.05) is 35.5 Å². The molecule has 0 aliphatic heterocycles. The molecule has 0 fully saturated rings. The summed E-state index contributed by atoms with van der Waals surface area (Å²) in [5, 5.41) is 9.14. The van der Waals surface area contributed by atoms with Crippen LogP contribution in [-0.4, -0.2) is 54.6 Å². The van der Waals surface area contributed by atoms with E-state index in [4.69, 9.17) is 27.8 Å². The summed E-state index contributed by atoms with van der Waals surface area (Å²) < 4.78 is 50.0. The molecule has 0 saturated carbocycles. The fraction of sp³-hybridized carbons (Fsp3) is 0.220. The molecule has 0 aliphatic rings. The van der Waals surface area contributed by atoms with E-state index in [0.29, 0.717) is 97.7 Å². The Kier molecular flexibility index (Phi) is 11.3. The van der Waals surface area contributed by atoms with Crippen LogP contribution in [0.15, 0.2) is 128 Å². The maximum atomic E-state index is 13.5. The number of aromatic nitrogens is 3. The third-order valence-corrected chi connectivity index (χ3v) is 8.35. The number of benzene rings is 4. The van der Waals surface area contributed by atoms with Crippen LogP contribution in [-0.2, 0) is 22.4 Å². The molecule has 0 radical (unpaired) electrons. The van der Waals surface area contributed by atoms with Gasteiger partial charge in [0.2, 0.25) is 0 Å². The van der Waals surface area contributed by atoms with Gasteiger partial charge in [-0.15, -0.1) is 5.10 Å². The number of halogens is 1. The van der Waals surface area contributed by atoms with Crippen molar-refractivity contribution in [3.63, 3.8) is 0 Å². The van der Waals surface area contributed by atoms with Crippen molar-refractivity contribution in [3.05, 3.63) is 141 Å². The van der Waals surface area contributed by atoms with E-state index in [1.807, 2.05) is 36.5 Å². The molecular weight excluding hydrogens is 681 g/mol. The normalized spacial score (nSPS) is 11.3. The number of hydrogen-bond acceptors (Lipinski definition) is 10. The van der Waals surface area contributed by atoms with Crippen molar-refractivity contribution in [3.8, 4) is 34.1 Å². The summed E-state index contributed by atoms with van der Waals surface area (Å²) >= 11 is 0. The Hall–Kier alpha value is -6.11. The van der Waals surface area contributed by atoms with E-state index in [0.717, 1.165) is 17.7 Å². The summed E-state index contributed by atoms with van der Waals surface area (Å²) in [6.07, 6.45) is 3.34. The van der Waals surface area contributed by atoms with Crippen LogP contribution in [0.2, 0.25) is 0 Å². The zero-order valence-corrected chi connectivity index (χ0v) is 28.7. The second-order valence-corrected chi connectivity index (χ2v) is 12.1. The highest BCUT2D eigenvalue weighted by molar-refractivity contribution is 5.80. The Bertz CT molecular complexity index is 2410. The van der Waals surface area contributed by atoms with Crippen LogP contribution >= 0.6 is 0 Å². The zero-order valence-electron chi connectivity index (χ0n) is 28.7. The average molecular weight is 718 g/mol.